The zero-order chi connectivity index (χ0) is 50.7. The highest BCUT2D eigenvalue weighted by molar-refractivity contribution is 7.99. The number of alkyl halides is 3. The van der Waals surface area contributed by atoms with Crippen LogP contribution >= 0.6 is 23.4 Å². The molecule has 4 atom stereocenters. The smallest absolute Gasteiger partial charge is 0.380 e. The second-order valence-electron chi connectivity index (χ2n) is 20.0. The number of halogens is 4. The molecule has 0 unspecified atom stereocenters. The van der Waals surface area contributed by atoms with Crippen molar-refractivity contribution in [1.29, 1.82) is 0 Å². The molecule has 0 radical (unpaired) electrons. The number of allylic oxidation sites excluding steroid dienone is 1. The maximum atomic E-state index is 14.3. The highest BCUT2D eigenvalue weighted by Gasteiger charge is 2.49. The van der Waals surface area contributed by atoms with Gasteiger partial charge in [0.25, 0.3) is 25.8 Å². The molecule has 3 N–H and O–H groups in total. The summed E-state index contributed by atoms with van der Waals surface area (Å²) in [5.74, 6) is -0.643. The second kappa shape index (κ2) is 22.3. The third-order valence-electron chi connectivity index (χ3n) is 14.8. The van der Waals surface area contributed by atoms with Gasteiger partial charge in [-0.15, -0.1) is 11.8 Å². The maximum Gasteiger partial charge on any atom is 0.501 e. The van der Waals surface area contributed by atoms with Crippen LogP contribution in [0.4, 0.5) is 24.5 Å². The number of morpholine rings is 1. The molecule has 1 aliphatic carbocycles. The van der Waals surface area contributed by atoms with Crippen molar-refractivity contribution in [3.05, 3.63) is 119 Å². The van der Waals surface area contributed by atoms with E-state index in [9.17, 15) is 34.8 Å². The van der Waals surface area contributed by atoms with Crippen molar-refractivity contribution >= 4 is 66.1 Å². The zero-order valence-electron chi connectivity index (χ0n) is 40.4. The first-order valence-corrected chi connectivity index (χ1v) is 29.0. The van der Waals surface area contributed by atoms with Crippen molar-refractivity contribution in [2.75, 3.05) is 101 Å². The van der Waals surface area contributed by atoms with Crippen molar-refractivity contribution < 1.29 is 39.5 Å². The lowest BCUT2D eigenvalue weighted by molar-refractivity contribution is -0.0435. The Morgan fingerprint density at radius 2 is 1.64 bits per heavy atom. The highest BCUT2D eigenvalue weighted by Crippen LogP contribution is 2.44. The van der Waals surface area contributed by atoms with E-state index in [1.165, 1.54) is 40.6 Å². The van der Waals surface area contributed by atoms with Crippen LogP contribution < -0.4 is 20.3 Å². The van der Waals surface area contributed by atoms with Gasteiger partial charge in [0.15, 0.2) is 0 Å². The van der Waals surface area contributed by atoms with Gasteiger partial charge in [0.2, 0.25) is 0 Å². The van der Waals surface area contributed by atoms with Gasteiger partial charge >= 0.3 is 5.51 Å². The van der Waals surface area contributed by atoms with Gasteiger partial charge in [0.05, 0.1) is 23.3 Å². The average molecular weight is 1070 g/mol. The van der Waals surface area contributed by atoms with Crippen LogP contribution in [0.25, 0.3) is 5.57 Å². The number of piperazine rings is 2. The summed E-state index contributed by atoms with van der Waals surface area (Å²) in [6.45, 7) is 13.6. The third kappa shape index (κ3) is 12.7. The van der Waals surface area contributed by atoms with Crippen molar-refractivity contribution in [3.8, 4) is 0 Å². The Morgan fingerprint density at radius 1 is 0.917 bits per heavy atom. The molecule has 0 aromatic heterocycles. The molecule has 388 valence electrons. The SMILES string of the molecule is C[C@@]1(CN2CCNCC2)CCC(c2ccc(Cl)cc2)=C(CN2CCN(c3ccc(C(=O)NS(=O)(=O)c4ccc(N[C@H](CCN5C[C@H]6C[C@@H]5CO6)CSc5ccccc5)c(S(=O)(=O)C(F)(F)F)c4)cc3)CC2)C1. The summed E-state index contributed by atoms with van der Waals surface area (Å²) in [6.07, 6.45) is 4.67. The van der Waals surface area contributed by atoms with E-state index in [0.29, 0.717) is 31.4 Å². The number of sulfonamides is 1. The van der Waals surface area contributed by atoms with E-state index < -0.39 is 52.8 Å². The highest BCUT2D eigenvalue weighted by atomic mass is 35.5. The van der Waals surface area contributed by atoms with E-state index in [0.717, 1.165) is 125 Å². The van der Waals surface area contributed by atoms with Gasteiger partial charge in [0, 0.05) is 118 Å². The molecule has 4 aromatic rings. The first-order chi connectivity index (χ1) is 34.4. The van der Waals surface area contributed by atoms with Crippen LogP contribution in [0.3, 0.4) is 0 Å². The number of hydrogen-bond acceptors (Lipinski definition) is 13. The number of hydrogen-bond donors (Lipinski definition) is 3. The number of anilines is 2. The fraction of sp³-hybridized carbons (Fsp3) is 0.481. The largest absolute Gasteiger partial charge is 0.501 e. The minimum Gasteiger partial charge on any atom is -0.380 e. The van der Waals surface area contributed by atoms with E-state index in [2.05, 4.69) is 49.3 Å². The number of benzene rings is 4. The molecule has 4 saturated heterocycles. The lowest BCUT2D eigenvalue weighted by Gasteiger charge is -2.43. The van der Waals surface area contributed by atoms with E-state index in [4.69, 9.17) is 16.3 Å². The fourth-order valence-electron chi connectivity index (χ4n) is 10.8. The first-order valence-electron chi connectivity index (χ1n) is 24.7. The summed E-state index contributed by atoms with van der Waals surface area (Å²) in [4.78, 5) is 21.9. The molecule has 2 bridgehead atoms. The number of sulfone groups is 1. The predicted octanol–water partition coefficient (Wildman–Crippen LogP) is 7.86. The first kappa shape index (κ1) is 52.7. The van der Waals surface area contributed by atoms with E-state index in [1.807, 2.05) is 47.2 Å². The quantitative estimate of drug-likeness (QED) is 0.0834. The monoisotopic (exact) mass is 1070 g/mol. The molecule has 4 aromatic carbocycles. The van der Waals surface area contributed by atoms with E-state index in [1.54, 1.807) is 12.1 Å². The number of fused-ring (bicyclic) bond motifs is 2. The molecule has 4 heterocycles. The number of nitrogens with one attached hydrogen (secondary N) is 3. The Balaban J connectivity index is 0.850. The summed E-state index contributed by atoms with van der Waals surface area (Å²) in [7, 11) is -10.9. The van der Waals surface area contributed by atoms with Gasteiger partial charge in [-0.25, -0.2) is 21.6 Å². The summed E-state index contributed by atoms with van der Waals surface area (Å²) in [5.41, 5.74) is -1.00. The second-order valence-corrected chi connectivity index (χ2v) is 25.2. The lowest BCUT2D eigenvalue weighted by Crippen LogP contribution is -2.49. The van der Waals surface area contributed by atoms with E-state index >= 15 is 0 Å². The minimum absolute atomic E-state index is 0.00163. The molecule has 4 fully saturated rings. The van der Waals surface area contributed by atoms with Gasteiger partial charge in [-0.2, -0.15) is 13.2 Å². The molecule has 4 aliphatic heterocycles. The third-order valence-corrected chi connectivity index (χ3v) is 19.0. The van der Waals surface area contributed by atoms with E-state index in [-0.39, 0.29) is 23.1 Å². The Kier molecular flexibility index (Phi) is 16.3. The van der Waals surface area contributed by atoms with Gasteiger partial charge < -0.3 is 25.2 Å². The van der Waals surface area contributed by atoms with Crippen molar-refractivity contribution in [3.63, 3.8) is 0 Å². The topological polar surface area (TPSA) is 144 Å². The van der Waals surface area contributed by atoms with Crippen LogP contribution in [0.2, 0.25) is 5.02 Å². The molecule has 1 amide bonds. The Labute approximate surface area is 430 Å². The Morgan fingerprint density at radius 3 is 2.31 bits per heavy atom. The summed E-state index contributed by atoms with van der Waals surface area (Å²) in [5, 5.41) is 7.22. The molecular weight excluding hydrogens is 1010 g/mol. The normalized spacial score (nSPS) is 23.1. The van der Waals surface area contributed by atoms with Crippen molar-refractivity contribution in [2.24, 2.45) is 5.41 Å². The standard InChI is InChI=1S/C52H63ClF3N7O6S3/c1-51(36-61-23-20-57-21-24-61)19-17-47(37-7-11-40(53)12-8-37)39(31-51)32-60-25-27-62(28-26-60)42-13-9-38(10-14-42)50(64)59-72(67,68)46-15-16-48(49(30-46)71(65,66)52(54,55)56)58-41(35-70-45-5-3-2-4-6-45)18-22-63-33-44-29-43(63)34-69-44/h2-16,30,41,43-44,57-58H,17-29,31-36H2,1H3,(H,59,64)/t41-,43-,44-,51-/m1/s1. The van der Waals surface area contributed by atoms with Crippen LogP contribution in [0.1, 0.15) is 54.9 Å². The zero-order valence-corrected chi connectivity index (χ0v) is 43.6. The number of rotatable bonds is 18. The molecule has 13 nitrogen and oxygen atoms in total. The summed E-state index contributed by atoms with van der Waals surface area (Å²) in [6, 6.07) is 26.3. The van der Waals surface area contributed by atoms with Crippen LogP contribution in [0.15, 0.2) is 117 Å². The van der Waals surface area contributed by atoms with Crippen LogP contribution in [0.5, 0.6) is 0 Å². The summed E-state index contributed by atoms with van der Waals surface area (Å²) >= 11 is 7.75. The molecule has 0 saturated carbocycles. The van der Waals surface area contributed by atoms with Crippen LogP contribution in [0, 0.1) is 5.41 Å². The Hall–Kier alpha value is -4.18. The van der Waals surface area contributed by atoms with Gasteiger partial charge in [-0.1, -0.05) is 54.4 Å². The number of amides is 1. The molecule has 0 spiro atoms. The minimum atomic E-state index is -6.06. The fourth-order valence-corrected chi connectivity index (χ4v) is 14.0. The molecule has 5 aliphatic rings. The number of likely N-dealkylation sites (tertiary alicyclic amines) is 1. The summed E-state index contributed by atoms with van der Waals surface area (Å²) < 4.78 is 104. The van der Waals surface area contributed by atoms with Gasteiger partial charge in [-0.3, -0.25) is 14.6 Å². The van der Waals surface area contributed by atoms with Crippen molar-refractivity contribution in [1.82, 2.24) is 24.7 Å². The molecule has 20 heteroatoms. The maximum absolute atomic E-state index is 14.3. The van der Waals surface area contributed by atoms with Gasteiger partial charge in [0.1, 0.15) is 4.90 Å². The molecular formula is C52H63ClF3N7O6S3. The van der Waals surface area contributed by atoms with Gasteiger partial charge in [-0.05, 0) is 115 Å². The van der Waals surface area contributed by atoms with Crippen LogP contribution in [-0.4, -0.2) is 152 Å². The number of nitrogens with zero attached hydrogens (tertiary/aromatic N) is 4. The number of carbonyl (C=O) groups is 1. The Bertz CT molecular complexity index is 2800. The number of thioether (sulfide) groups is 1. The lowest BCUT2D eigenvalue weighted by atomic mass is 9.71. The average Bonchev–Trinajstić information content (AvgIpc) is 4.00. The number of ether oxygens (including phenoxy) is 1. The molecule has 72 heavy (non-hydrogen) atoms. The van der Waals surface area contributed by atoms with Crippen molar-refractivity contribution in [2.45, 2.75) is 77.4 Å². The predicted molar refractivity (Wildman–Crippen MR) is 278 cm³/mol. The number of carbonyl (C=O) groups excluding carboxylic acids is 1. The van der Waals surface area contributed by atoms with Crippen LogP contribution in [-0.2, 0) is 24.6 Å². The molecule has 9 rings (SSSR count).